The van der Waals surface area contributed by atoms with Gasteiger partial charge in [-0.1, -0.05) is 37.3 Å². The second kappa shape index (κ2) is 10.7. The van der Waals surface area contributed by atoms with Crippen molar-refractivity contribution in [2.45, 2.75) is 39.7 Å². The molecule has 1 aromatic carbocycles. The van der Waals surface area contributed by atoms with Crippen LogP contribution in [0.3, 0.4) is 0 Å². The first kappa shape index (κ1) is 21.7. The Balaban J connectivity index is 0.00000261. The quantitative estimate of drug-likeness (QED) is 0.401. The van der Waals surface area contributed by atoms with Crippen molar-refractivity contribution in [3.63, 3.8) is 0 Å². The van der Waals surface area contributed by atoms with Gasteiger partial charge in [0.25, 0.3) is 0 Å². The number of piperidine rings is 1. The number of aromatic nitrogens is 2. The van der Waals surface area contributed by atoms with E-state index in [1.807, 2.05) is 10.9 Å². The van der Waals surface area contributed by atoms with Crippen molar-refractivity contribution in [2.24, 2.45) is 10.9 Å². The van der Waals surface area contributed by atoms with E-state index in [0.717, 1.165) is 38.7 Å². The van der Waals surface area contributed by atoms with Gasteiger partial charge in [-0.25, -0.2) is 0 Å². The van der Waals surface area contributed by atoms with E-state index in [1.165, 1.54) is 17.5 Å². The first-order valence-electron chi connectivity index (χ1n) is 9.74. The Morgan fingerprint density at radius 1 is 1.30 bits per heavy atom. The van der Waals surface area contributed by atoms with Crippen molar-refractivity contribution in [1.82, 2.24) is 20.0 Å². The molecule has 2 atom stereocenters. The number of benzene rings is 1. The molecule has 0 aliphatic carbocycles. The lowest BCUT2D eigenvalue weighted by Gasteiger charge is -2.39. The van der Waals surface area contributed by atoms with Crippen LogP contribution in [0.1, 0.15) is 37.3 Å². The third-order valence-corrected chi connectivity index (χ3v) is 5.12. The molecular formula is C21H32IN5. The Labute approximate surface area is 180 Å². The molecule has 0 spiro atoms. The van der Waals surface area contributed by atoms with Crippen molar-refractivity contribution in [3.05, 3.63) is 53.9 Å². The molecule has 1 N–H and O–H groups in total. The fourth-order valence-electron chi connectivity index (χ4n) is 3.81. The molecule has 1 aliphatic heterocycles. The molecule has 1 aromatic heterocycles. The molecule has 0 amide bonds. The zero-order valence-electron chi connectivity index (χ0n) is 16.6. The number of guanidine groups is 1. The summed E-state index contributed by atoms with van der Waals surface area (Å²) in [6.45, 7) is 11.1. The zero-order chi connectivity index (χ0) is 18.4. The van der Waals surface area contributed by atoms with Gasteiger partial charge >= 0.3 is 0 Å². The van der Waals surface area contributed by atoms with E-state index in [-0.39, 0.29) is 24.0 Å². The molecule has 6 heteroatoms. The standard InChI is InChI=1S/C21H31N5.HI/c1-4-22-21(23-11-13-26-15-17(2)14-24-26)25-12-10-20(18(3)16-25)19-8-6-5-7-9-19;/h5-9,14-15,18,20H,4,10-13,16H2,1-3H3,(H,22,23);1H. The largest absolute Gasteiger partial charge is 0.357 e. The van der Waals surface area contributed by atoms with E-state index in [2.05, 4.69) is 72.6 Å². The highest BCUT2D eigenvalue weighted by Crippen LogP contribution is 2.32. The first-order valence-corrected chi connectivity index (χ1v) is 9.74. The molecule has 1 fully saturated rings. The van der Waals surface area contributed by atoms with Gasteiger partial charge in [0.2, 0.25) is 0 Å². The molecule has 148 valence electrons. The van der Waals surface area contributed by atoms with E-state index >= 15 is 0 Å². The van der Waals surface area contributed by atoms with Crippen LogP contribution in [0.2, 0.25) is 0 Å². The summed E-state index contributed by atoms with van der Waals surface area (Å²) in [5.41, 5.74) is 2.66. The molecule has 3 rings (SSSR count). The number of nitrogens with zero attached hydrogens (tertiary/aromatic N) is 4. The smallest absolute Gasteiger partial charge is 0.193 e. The molecule has 2 heterocycles. The second-order valence-electron chi connectivity index (χ2n) is 7.25. The third-order valence-electron chi connectivity index (χ3n) is 5.12. The van der Waals surface area contributed by atoms with Crippen molar-refractivity contribution in [2.75, 3.05) is 26.2 Å². The minimum atomic E-state index is 0. The predicted octanol–water partition coefficient (Wildman–Crippen LogP) is 3.90. The molecular weight excluding hydrogens is 449 g/mol. The van der Waals surface area contributed by atoms with E-state index in [4.69, 9.17) is 4.99 Å². The fourth-order valence-corrected chi connectivity index (χ4v) is 3.81. The molecule has 0 bridgehead atoms. The van der Waals surface area contributed by atoms with Gasteiger partial charge in [0, 0.05) is 25.8 Å². The maximum absolute atomic E-state index is 4.84. The summed E-state index contributed by atoms with van der Waals surface area (Å²) >= 11 is 0. The number of hydrogen-bond donors (Lipinski definition) is 1. The molecule has 2 unspecified atom stereocenters. The van der Waals surface area contributed by atoms with Crippen LogP contribution < -0.4 is 5.32 Å². The molecule has 1 saturated heterocycles. The van der Waals surface area contributed by atoms with E-state index in [1.54, 1.807) is 0 Å². The molecule has 27 heavy (non-hydrogen) atoms. The molecule has 5 nitrogen and oxygen atoms in total. The Morgan fingerprint density at radius 3 is 2.70 bits per heavy atom. The van der Waals surface area contributed by atoms with Crippen LogP contribution in [0.25, 0.3) is 0 Å². The average Bonchev–Trinajstić information content (AvgIpc) is 3.07. The van der Waals surface area contributed by atoms with Crippen molar-refractivity contribution >= 4 is 29.9 Å². The van der Waals surface area contributed by atoms with Gasteiger partial charge in [0.05, 0.1) is 19.3 Å². The summed E-state index contributed by atoms with van der Waals surface area (Å²) in [5, 5.41) is 7.81. The Bertz CT molecular complexity index is 712. The molecule has 0 radical (unpaired) electrons. The minimum absolute atomic E-state index is 0. The van der Waals surface area contributed by atoms with Crippen LogP contribution in [0.4, 0.5) is 0 Å². The summed E-state index contributed by atoms with van der Waals surface area (Å²) < 4.78 is 1.96. The van der Waals surface area contributed by atoms with E-state index in [0.29, 0.717) is 11.8 Å². The Kier molecular flexibility index (Phi) is 8.60. The summed E-state index contributed by atoms with van der Waals surface area (Å²) in [6.07, 6.45) is 5.13. The number of aliphatic imine (C=N–C) groups is 1. The lowest BCUT2D eigenvalue weighted by atomic mass is 9.82. The summed E-state index contributed by atoms with van der Waals surface area (Å²) in [6, 6.07) is 10.9. The van der Waals surface area contributed by atoms with Gasteiger partial charge in [-0.15, -0.1) is 24.0 Å². The number of hydrogen-bond acceptors (Lipinski definition) is 2. The highest BCUT2D eigenvalue weighted by atomic mass is 127. The average molecular weight is 481 g/mol. The van der Waals surface area contributed by atoms with Gasteiger partial charge in [-0.3, -0.25) is 9.67 Å². The normalized spacial score (nSPS) is 20.3. The topological polar surface area (TPSA) is 45.5 Å². The maximum Gasteiger partial charge on any atom is 0.193 e. The second-order valence-corrected chi connectivity index (χ2v) is 7.25. The van der Waals surface area contributed by atoms with Crippen LogP contribution in [0, 0.1) is 12.8 Å². The highest BCUT2D eigenvalue weighted by Gasteiger charge is 2.28. The van der Waals surface area contributed by atoms with Crippen LogP contribution >= 0.6 is 24.0 Å². The summed E-state index contributed by atoms with van der Waals surface area (Å²) in [5.74, 6) is 2.29. The summed E-state index contributed by atoms with van der Waals surface area (Å²) in [7, 11) is 0. The van der Waals surface area contributed by atoms with E-state index in [9.17, 15) is 0 Å². The van der Waals surface area contributed by atoms with Crippen molar-refractivity contribution < 1.29 is 0 Å². The number of aryl methyl sites for hydroxylation is 1. The fraction of sp³-hybridized carbons (Fsp3) is 0.524. The Hall–Kier alpha value is -1.57. The summed E-state index contributed by atoms with van der Waals surface area (Å²) in [4.78, 5) is 7.26. The Morgan fingerprint density at radius 2 is 2.07 bits per heavy atom. The van der Waals surface area contributed by atoms with E-state index < -0.39 is 0 Å². The predicted molar refractivity (Wildman–Crippen MR) is 123 cm³/mol. The van der Waals surface area contributed by atoms with Crippen LogP contribution in [-0.4, -0.2) is 46.8 Å². The van der Waals surface area contributed by atoms with Gasteiger partial charge in [0.15, 0.2) is 5.96 Å². The van der Waals surface area contributed by atoms with Gasteiger partial charge in [-0.2, -0.15) is 5.10 Å². The van der Waals surface area contributed by atoms with Gasteiger partial charge in [-0.05, 0) is 43.2 Å². The van der Waals surface area contributed by atoms with Gasteiger partial charge in [0.1, 0.15) is 0 Å². The van der Waals surface area contributed by atoms with Crippen molar-refractivity contribution in [1.29, 1.82) is 0 Å². The number of halogens is 1. The molecule has 1 aliphatic rings. The van der Waals surface area contributed by atoms with Crippen LogP contribution in [0.15, 0.2) is 47.7 Å². The van der Waals surface area contributed by atoms with Crippen molar-refractivity contribution in [3.8, 4) is 0 Å². The number of nitrogens with one attached hydrogen (secondary N) is 1. The third kappa shape index (κ3) is 5.96. The van der Waals surface area contributed by atoms with Gasteiger partial charge < -0.3 is 10.2 Å². The lowest BCUT2D eigenvalue weighted by Crippen LogP contribution is -2.48. The minimum Gasteiger partial charge on any atom is -0.357 e. The van der Waals surface area contributed by atoms with Crippen LogP contribution in [0.5, 0.6) is 0 Å². The van der Waals surface area contributed by atoms with Crippen LogP contribution in [-0.2, 0) is 6.54 Å². The SMILES string of the molecule is CCNC(=NCCn1cc(C)cn1)N1CCC(c2ccccc2)C(C)C1.I. The lowest BCUT2D eigenvalue weighted by molar-refractivity contribution is 0.234. The first-order chi connectivity index (χ1) is 12.7. The molecule has 2 aromatic rings. The highest BCUT2D eigenvalue weighted by molar-refractivity contribution is 14.0. The number of likely N-dealkylation sites (tertiary alicyclic amines) is 1. The zero-order valence-corrected chi connectivity index (χ0v) is 19.0. The maximum atomic E-state index is 4.84. The monoisotopic (exact) mass is 481 g/mol. The molecule has 0 saturated carbocycles. The number of rotatable bonds is 5.